The van der Waals surface area contributed by atoms with Crippen LogP contribution in [0.5, 0.6) is 0 Å². The van der Waals surface area contributed by atoms with E-state index in [1.54, 1.807) is 0 Å². The summed E-state index contributed by atoms with van der Waals surface area (Å²) in [4.78, 5) is 29.2. The van der Waals surface area contributed by atoms with Gasteiger partial charge >= 0.3 is 0 Å². The lowest BCUT2D eigenvalue weighted by molar-refractivity contribution is 0.0751. The van der Waals surface area contributed by atoms with Crippen molar-refractivity contribution in [2.45, 2.75) is 26.2 Å². The van der Waals surface area contributed by atoms with Gasteiger partial charge in [-0.05, 0) is 37.6 Å². The van der Waals surface area contributed by atoms with Gasteiger partial charge in [0.15, 0.2) is 0 Å². The number of rotatable bonds is 3. The van der Waals surface area contributed by atoms with Crippen LogP contribution in [-0.4, -0.2) is 60.0 Å². The SMILES string of the molecule is Cc1nc(N2CCCCC2)cc(N2CCN(C(=O)c3cccs3)CC2)n1. The minimum absolute atomic E-state index is 0.146. The van der Waals surface area contributed by atoms with E-state index in [1.807, 2.05) is 29.3 Å². The molecule has 2 aromatic rings. The van der Waals surface area contributed by atoms with Crippen LogP contribution in [-0.2, 0) is 0 Å². The fourth-order valence-corrected chi connectivity index (χ4v) is 4.37. The van der Waals surface area contributed by atoms with E-state index in [2.05, 4.69) is 25.8 Å². The third kappa shape index (κ3) is 3.67. The zero-order valence-corrected chi connectivity index (χ0v) is 16.0. The number of piperazine rings is 1. The molecule has 2 fully saturated rings. The first-order valence-electron chi connectivity index (χ1n) is 9.39. The maximum absolute atomic E-state index is 12.5. The highest BCUT2D eigenvalue weighted by atomic mass is 32.1. The summed E-state index contributed by atoms with van der Waals surface area (Å²) in [6.07, 6.45) is 3.79. The second kappa shape index (κ2) is 7.61. The van der Waals surface area contributed by atoms with Crippen molar-refractivity contribution in [2.24, 2.45) is 0 Å². The molecule has 2 aromatic heterocycles. The molecule has 1 amide bonds. The summed E-state index contributed by atoms with van der Waals surface area (Å²) < 4.78 is 0. The van der Waals surface area contributed by atoms with Crippen LogP contribution in [0, 0.1) is 6.92 Å². The first kappa shape index (κ1) is 17.3. The third-order valence-electron chi connectivity index (χ3n) is 5.11. The van der Waals surface area contributed by atoms with E-state index in [-0.39, 0.29) is 5.91 Å². The average Bonchev–Trinajstić information content (AvgIpc) is 3.22. The molecule has 0 saturated carbocycles. The Morgan fingerprint density at radius 3 is 2.23 bits per heavy atom. The van der Waals surface area contributed by atoms with Crippen molar-refractivity contribution in [3.63, 3.8) is 0 Å². The highest BCUT2D eigenvalue weighted by molar-refractivity contribution is 7.12. The number of carbonyl (C=O) groups excluding carboxylic acids is 1. The minimum Gasteiger partial charge on any atom is -0.356 e. The standard InChI is InChI=1S/C19H25N5OS/c1-15-20-17(22-7-3-2-4-8-22)14-18(21-15)23-9-11-24(12-10-23)19(25)16-6-5-13-26-16/h5-6,13-14H,2-4,7-12H2,1H3. The smallest absolute Gasteiger partial charge is 0.264 e. The van der Waals surface area contributed by atoms with E-state index in [1.165, 1.54) is 30.6 Å². The summed E-state index contributed by atoms with van der Waals surface area (Å²) in [6.45, 7) is 7.23. The number of nitrogens with zero attached hydrogens (tertiary/aromatic N) is 5. The summed E-state index contributed by atoms with van der Waals surface area (Å²) in [6, 6.07) is 5.95. The molecule has 7 heteroatoms. The van der Waals surface area contributed by atoms with E-state index >= 15 is 0 Å². The molecule has 2 aliphatic heterocycles. The van der Waals surface area contributed by atoms with Crippen molar-refractivity contribution in [2.75, 3.05) is 49.1 Å². The summed E-state index contributed by atoms with van der Waals surface area (Å²) in [5.41, 5.74) is 0. The van der Waals surface area contributed by atoms with Crippen molar-refractivity contribution in [1.82, 2.24) is 14.9 Å². The Morgan fingerprint density at radius 1 is 0.962 bits per heavy atom. The molecule has 0 unspecified atom stereocenters. The first-order valence-corrected chi connectivity index (χ1v) is 10.3. The molecular weight excluding hydrogens is 346 g/mol. The van der Waals surface area contributed by atoms with Crippen LogP contribution >= 0.6 is 11.3 Å². The van der Waals surface area contributed by atoms with Gasteiger partial charge in [0, 0.05) is 45.3 Å². The Hall–Kier alpha value is -2.15. The second-order valence-corrected chi connectivity index (χ2v) is 7.88. The van der Waals surface area contributed by atoms with E-state index in [0.717, 1.165) is 61.6 Å². The normalized spacial score (nSPS) is 18.3. The van der Waals surface area contributed by atoms with Gasteiger partial charge in [-0.3, -0.25) is 4.79 Å². The van der Waals surface area contributed by atoms with Gasteiger partial charge in [0.05, 0.1) is 4.88 Å². The highest BCUT2D eigenvalue weighted by Crippen LogP contribution is 2.23. The molecule has 6 nitrogen and oxygen atoms in total. The molecule has 0 N–H and O–H groups in total. The first-order chi connectivity index (χ1) is 12.7. The average molecular weight is 372 g/mol. The largest absolute Gasteiger partial charge is 0.356 e. The van der Waals surface area contributed by atoms with E-state index in [9.17, 15) is 4.79 Å². The number of anilines is 2. The van der Waals surface area contributed by atoms with Crippen molar-refractivity contribution in [3.05, 3.63) is 34.3 Å². The number of thiophene rings is 1. The van der Waals surface area contributed by atoms with Crippen LogP contribution in [0.2, 0.25) is 0 Å². The summed E-state index contributed by atoms with van der Waals surface area (Å²) in [7, 11) is 0. The van der Waals surface area contributed by atoms with Crippen molar-refractivity contribution in [1.29, 1.82) is 0 Å². The monoisotopic (exact) mass is 371 g/mol. The summed E-state index contributed by atoms with van der Waals surface area (Å²) in [5.74, 6) is 3.00. The van der Waals surface area contributed by atoms with Gasteiger partial charge in [0.2, 0.25) is 0 Å². The van der Waals surface area contributed by atoms with Crippen LogP contribution in [0.15, 0.2) is 23.6 Å². The fraction of sp³-hybridized carbons (Fsp3) is 0.526. The van der Waals surface area contributed by atoms with Gasteiger partial charge in [-0.15, -0.1) is 11.3 Å². The van der Waals surface area contributed by atoms with E-state index in [0.29, 0.717) is 0 Å². The van der Waals surface area contributed by atoms with Crippen LogP contribution in [0.4, 0.5) is 11.6 Å². The number of aromatic nitrogens is 2. The lowest BCUT2D eigenvalue weighted by Gasteiger charge is -2.36. The molecule has 26 heavy (non-hydrogen) atoms. The van der Waals surface area contributed by atoms with Gasteiger partial charge in [-0.25, -0.2) is 9.97 Å². The van der Waals surface area contributed by atoms with Gasteiger partial charge in [0.1, 0.15) is 17.5 Å². The summed E-state index contributed by atoms with van der Waals surface area (Å²) in [5, 5.41) is 1.95. The highest BCUT2D eigenvalue weighted by Gasteiger charge is 2.24. The molecule has 4 heterocycles. The van der Waals surface area contributed by atoms with Gasteiger partial charge in [-0.1, -0.05) is 6.07 Å². The molecule has 0 spiro atoms. The third-order valence-corrected chi connectivity index (χ3v) is 5.97. The lowest BCUT2D eigenvalue weighted by Crippen LogP contribution is -2.49. The number of carbonyl (C=O) groups is 1. The molecule has 2 saturated heterocycles. The molecule has 0 radical (unpaired) electrons. The second-order valence-electron chi connectivity index (χ2n) is 6.94. The molecule has 0 aromatic carbocycles. The zero-order valence-electron chi connectivity index (χ0n) is 15.2. The Morgan fingerprint density at radius 2 is 1.62 bits per heavy atom. The molecule has 2 aliphatic rings. The molecule has 0 bridgehead atoms. The van der Waals surface area contributed by atoms with Crippen molar-refractivity contribution in [3.8, 4) is 0 Å². The Balaban J connectivity index is 1.44. The van der Waals surface area contributed by atoms with Gasteiger partial charge in [0.25, 0.3) is 5.91 Å². The molecule has 4 rings (SSSR count). The predicted octanol–water partition coefficient (Wildman–Crippen LogP) is 2.80. The maximum Gasteiger partial charge on any atom is 0.264 e. The predicted molar refractivity (Wildman–Crippen MR) is 105 cm³/mol. The fourth-order valence-electron chi connectivity index (χ4n) is 3.68. The number of hydrogen-bond donors (Lipinski definition) is 0. The zero-order chi connectivity index (χ0) is 17.9. The van der Waals surface area contributed by atoms with E-state index in [4.69, 9.17) is 0 Å². The molecule has 0 atom stereocenters. The van der Waals surface area contributed by atoms with Crippen LogP contribution in [0.1, 0.15) is 34.8 Å². The Labute approximate surface area is 158 Å². The Kier molecular flexibility index (Phi) is 5.06. The van der Waals surface area contributed by atoms with Crippen LogP contribution in [0.25, 0.3) is 0 Å². The van der Waals surface area contributed by atoms with Crippen molar-refractivity contribution >= 4 is 28.9 Å². The number of aryl methyl sites for hydroxylation is 1. The lowest BCUT2D eigenvalue weighted by atomic mass is 10.1. The van der Waals surface area contributed by atoms with Crippen LogP contribution in [0.3, 0.4) is 0 Å². The van der Waals surface area contributed by atoms with Gasteiger partial charge < -0.3 is 14.7 Å². The number of amides is 1. The van der Waals surface area contributed by atoms with E-state index < -0.39 is 0 Å². The molecule has 138 valence electrons. The van der Waals surface area contributed by atoms with Crippen LogP contribution < -0.4 is 9.80 Å². The summed E-state index contributed by atoms with van der Waals surface area (Å²) >= 11 is 1.51. The minimum atomic E-state index is 0.146. The molecule has 0 aliphatic carbocycles. The van der Waals surface area contributed by atoms with Gasteiger partial charge in [-0.2, -0.15) is 0 Å². The topological polar surface area (TPSA) is 52.6 Å². The maximum atomic E-state index is 12.5. The van der Waals surface area contributed by atoms with Crippen molar-refractivity contribution < 1.29 is 4.79 Å². The number of piperidine rings is 1. The quantitative estimate of drug-likeness (QED) is 0.830. The number of hydrogen-bond acceptors (Lipinski definition) is 6. The molecular formula is C19H25N5OS. The Bertz CT molecular complexity index is 749.